The molecule has 0 spiro atoms. The Kier molecular flexibility index (Phi) is 5.03. The Morgan fingerprint density at radius 1 is 1.16 bits per heavy atom. The van der Waals surface area contributed by atoms with Crippen LogP contribution in [0.4, 0.5) is 5.69 Å². The van der Waals surface area contributed by atoms with Crippen molar-refractivity contribution in [2.75, 3.05) is 11.9 Å². The van der Waals surface area contributed by atoms with Crippen molar-refractivity contribution in [3.8, 4) is 5.75 Å². The van der Waals surface area contributed by atoms with E-state index in [1.807, 2.05) is 31.2 Å². The van der Waals surface area contributed by atoms with E-state index in [0.717, 1.165) is 34.5 Å². The van der Waals surface area contributed by atoms with E-state index in [1.165, 1.54) is 6.92 Å². The van der Waals surface area contributed by atoms with Crippen LogP contribution in [0.25, 0.3) is 0 Å². The van der Waals surface area contributed by atoms with Crippen LogP contribution in [0.5, 0.6) is 5.75 Å². The highest BCUT2D eigenvalue weighted by Crippen LogP contribution is 2.32. The molecule has 5 heteroatoms. The summed E-state index contributed by atoms with van der Waals surface area (Å²) in [5.74, 6) is 0.715. The van der Waals surface area contributed by atoms with Crippen LogP contribution in [0.2, 0.25) is 0 Å². The number of carbonyl (C=O) groups excluding carboxylic acids is 2. The second kappa shape index (κ2) is 7.38. The first kappa shape index (κ1) is 17.0. The van der Waals surface area contributed by atoms with E-state index >= 15 is 0 Å². The van der Waals surface area contributed by atoms with Gasteiger partial charge in [-0.15, -0.1) is 0 Å². The molecule has 0 saturated carbocycles. The maximum atomic E-state index is 12.4. The number of aryl methyl sites for hydroxylation is 1. The molecule has 0 saturated heterocycles. The van der Waals surface area contributed by atoms with Crippen molar-refractivity contribution in [2.24, 2.45) is 0 Å². The van der Waals surface area contributed by atoms with Gasteiger partial charge >= 0.3 is 0 Å². The number of nitrogens with one attached hydrogen (secondary N) is 2. The van der Waals surface area contributed by atoms with Crippen molar-refractivity contribution < 1.29 is 14.3 Å². The zero-order valence-corrected chi connectivity index (χ0v) is 14.5. The van der Waals surface area contributed by atoms with Gasteiger partial charge in [0.2, 0.25) is 11.8 Å². The molecular weight excluding hydrogens is 316 g/mol. The number of fused-ring (bicyclic) bond motifs is 1. The summed E-state index contributed by atoms with van der Waals surface area (Å²) in [6.07, 6.45) is 1.07. The first-order valence-corrected chi connectivity index (χ1v) is 8.40. The van der Waals surface area contributed by atoms with E-state index in [9.17, 15) is 9.59 Å². The number of ether oxygens (including phenoxy) is 1. The largest absolute Gasteiger partial charge is 0.493 e. The lowest BCUT2D eigenvalue weighted by Crippen LogP contribution is -2.33. The molecule has 1 unspecified atom stereocenters. The molecule has 0 aliphatic carbocycles. The number of hydrogen-bond donors (Lipinski definition) is 2. The molecule has 1 atom stereocenters. The Hall–Kier alpha value is -2.82. The molecule has 2 amide bonds. The minimum atomic E-state index is -0.112. The average molecular weight is 338 g/mol. The van der Waals surface area contributed by atoms with Crippen molar-refractivity contribution in [3.63, 3.8) is 0 Å². The van der Waals surface area contributed by atoms with Gasteiger partial charge in [0.1, 0.15) is 5.75 Å². The summed E-state index contributed by atoms with van der Waals surface area (Å²) in [4.78, 5) is 23.5. The SMILES string of the molecule is CC(=O)Nc1ccc(CC(=O)NC2CCOc3ccc(C)cc32)cc1. The minimum Gasteiger partial charge on any atom is -0.493 e. The fourth-order valence-electron chi connectivity index (χ4n) is 3.00. The number of anilines is 1. The third-order valence-corrected chi connectivity index (χ3v) is 4.18. The predicted octanol–water partition coefficient (Wildman–Crippen LogP) is 3.14. The van der Waals surface area contributed by atoms with Crippen molar-refractivity contribution in [1.29, 1.82) is 0 Å². The molecule has 130 valence electrons. The number of carbonyl (C=O) groups is 2. The first-order chi connectivity index (χ1) is 12.0. The molecule has 0 aromatic heterocycles. The summed E-state index contributed by atoms with van der Waals surface area (Å²) in [5, 5.41) is 5.82. The molecule has 25 heavy (non-hydrogen) atoms. The standard InChI is InChI=1S/C20H22N2O3/c1-13-3-8-19-17(11-13)18(9-10-25-19)22-20(24)12-15-4-6-16(7-5-15)21-14(2)23/h3-8,11,18H,9-10,12H2,1-2H3,(H,21,23)(H,22,24). The van der Waals surface area contributed by atoms with Crippen molar-refractivity contribution in [2.45, 2.75) is 32.7 Å². The lowest BCUT2D eigenvalue weighted by atomic mass is 9.98. The van der Waals surface area contributed by atoms with Crippen molar-refractivity contribution in [1.82, 2.24) is 5.32 Å². The lowest BCUT2D eigenvalue weighted by molar-refractivity contribution is -0.121. The summed E-state index contributed by atoms with van der Waals surface area (Å²) in [7, 11) is 0. The summed E-state index contributed by atoms with van der Waals surface area (Å²) in [6.45, 7) is 4.10. The van der Waals surface area contributed by atoms with E-state index in [1.54, 1.807) is 12.1 Å². The topological polar surface area (TPSA) is 67.4 Å². The Balaban J connectivity index is 1.64. The maximum absolute atomic E-state index is 12.4. The highest BCUT2D eigenvalue weighted by molar-refractivity contribution is 5.88. The summed E-state index contributed by atoms with van der Waals surface area (Å²) in [6, 6.07) is 13.3. The molecule has 3 rings (SSSR count). The van der Waals surface area contributed by atoms with Crippen LogP contribution in [-0.2, 0) is 16.0 Å². The predicted molar refractivity (Wildman–Crippen MR) is 96.6 cm³/mol. The monoisotopic (exact) mass is 338 g/mol. The van der Waals surface area contributed by atoms with Gasteiger partial charge in [-0.3, -0.25) is 9.59 Å². The van der Waals surface area contributed by atoms with Crippen LogP contribution < -0.4 is 15.4 Å². The second-order valence-electron chi connectivity index (χ2n) is 6.35. The fourth-order valence-corrected chi connectivity index (χ4v) is 3.00. The fraction of sp³-hybridized carbons (Fsp3) is 0.300. The Bertz CT molecular complexity index is 784. The van der Waals surface area contributed by atoms with Crippen LogP contribution in [0, 0.1) is 6.92 Å². The van der Waals surface area contributed by atoms with Gasteiger partial charge in [0, 0.05) is 24.6 Å². The van der Waals surface area contributed by atoms with Crippen LogP contribution >= 0.6 is 0 Å². The zero-order valence-electron chi connectivity index (χ0n) is 14.5. The van der Waals surface area contributed by atoms with Gasteiger partial charge in [0.05, 0.1) is 19.1 Å². The number of amides is 2. The van der Waals surface area contributed by atoms with Gasteiger partial charge in [0.25, 0.3) is 0 Å². The van der Waals surface area contributed by atoms with Gasteiger partial charge in [-0.25, -0.2) is 0 Å². The van der Waals surface area contributed by atoms with Crippen molar-refractivity contribution in [3.05, 3.63) is 59.2 Å². The lowest BCUT2D eigenvalue weighted by Gasteiger charge is -2.27. The summed E-state index contributed by atoms with van der Waals surface area (Å²) in [5.41, 5.74) is 3.83. The minimum absolute atomic E-state index is 0.0187. The Morgan fingerprint density at radius 3 is 2.64 bits per heavy atom. The Labute approximate surface area is 147 Å². The van der Waals surface area contributed by atoms with Crippen LogP contribution in [-0.4, -0.2) is 18.4 Å². The Morgan fingerprint density at radius 2 is 1.92 bits per heavy atom. The number of benzene rings is 2. The smallest absolute Gasteiger partial charge is 0.224 e. The van der Waals surface area contributed by atoms with E-state index in [-0.39, 0.29) is 17.9 Å². The molecule has 0 radical (unpaired) electrons. The molecule has 2 aromatic rings. The van der Waals surface area contributed by atoms with Crippen molar-refractivity contribution >= 4 is 17.5 Å². The molecule has 1 heterocycles. The van der Waals surface area contributed by atoms with E-state index < -0.39 is 0 Å². The van der Waals surface area contributed by atoms with Gasteiger partial charge in [-0.2, -0.15) is 0 Å². The van der Waals surface area contributed by atoms with E-state index in [2.05, 4.69) is 16.7 Å². The molecule has 1 aliphatic heterocycles. The average Bonchev–Trinajstić information content (AvgIpc) is 2.57. The molecule has 2 N–H and O–H groups in total. The third-order valence-electron chi connectivity index (χ3n) is 4.18. The van der Waals surface area contributed by atoms with Crippen LogP contribution in [0.15, 0.2) is 42.5 Å². The number of hydrogen-bond acceptors (Lipinski definition) is 3. The van der Waals surface area contributed by atoms with Gasteiger partial charge < -0.3 is 15.4 Å². The quantitative estimate of drug-likeness (QED) is 0.900. The summed E-state index contributed by atoms with van der Waals surface area (Å²) >= 11 is 0. The van der Waals surface area contributed by atoms with Crippen LogP contribution in [0.1, 0.15) is 36.1 Å². The van der Waals surface area contributed by atoms with Gasteiger partial charge in [-0.1, -0.05) is 29.8 Å². The zero-order chi connectivity index (χ0) is 17.8. The molecule has 0 fully saturated rings. The summed E-state index contributed by atoms with van der Waals surface area (Å²) < 4.78 is 5.67. The molecule has 5 nitrogen and oxygen atoms in total. The molecule has 1 aliphatic rings. The maximum Gasteiger partial charge on any atom is 0.224 e. The molecular formula is C20H22N2O3. The molecule has 2 aromatic carbocycles. The van der Waals surface area contributed by atoms with Crippen LogP contribution in [0.3, 0.4) is 0 Å². The highest BCUT2D eigenvalue weighted by Gasteiger charge is 2.23. The van der Waals surface area contributed by atoms with Gasteiger partial charge in [-0.05, 0) is 30.7 Å². The van der Waals surface area contributed by atoms with E-state index in [0.29, 0.717) is 13.0 Å². The highest BCUT2D eigenvalue weighted by atomic mass is 16.5. The number of rotatable bonds is 4. The van der Waals surface area contributed by atoms with E-state index in [4.69, 9.17) is 4.74 Å². The first-order valence-electron chi connectivity index (χ1n) is 8.40. The van der Waals surface area contributed by atoms with Gasteiger partial charge in [0.15, 0.2) is 0 Å². The third kappa shape index (κ3) is 4.38. The second-order valence-corrected chi connectivity index (χ2v) is 6.35. The molecule has 0 bridgehead atoms. The normalized spacial score (nSPS) is 15.7.